The molecule has 3 rings (SSSR count). The molecule has 0 aliphatic rings. The average Bonchev–Trinajstić information content (AvgIpc) is 2.79. The van der Waals surface area contributed by atoms with Crippen molar-refractivity contribution in [1.29, 1.82) is 0 Å². The number of hydrogen-bond acceptors (Lipinski definition) is 4. The number of amides is 2. The monoisotopic (exact) mass is 418 g/mol. The molecule has 6 heteroatoms. The van der Waals surface area contributed by atoms with Crippen LogP contribution in [0.1, 0.15) is 28.4 Å². The summed E-state index contributed by atoms with van der Waals surface area (Å²) in [6.45, 7) is 2.30. The van der Waals surface area contributed by atoms with Gasteiger partial charge in [-0.3, -0.25) is 9.59 Å². The van der Waals surface area contributed by atoms with Crippen LogP contribution in [0.5, 0.6) is 11.5 Å². The van der Waals surface area contributed by atoms with Crippen LogP contribution >= 0.6 is 0 Å². The summed E-state index contributed by atoms with van der Waals surface area (Å²) in [7, 11) is 3.24. The number of nitrogens with one attached hydrogen (secondary N) is 1. The molecule has 0 fully saturated rings. The molecular weight excluding hydrogens is 392 g/mol. The largest absolute Gasteiger partial charge is 0.497 e. The Morgan fingerprint density at radius 1 is 0.806 bits per heavy atom. The number of methoxy groups -OCH3 is 2. The highest BCUT2D eigenvalue weighted by molar-refractivity contribution is 5.96. The minimum absolute atomic E-state index is 0.126. The van der Waals surface area contributed by atoms with Crippen molar-refractivity contribution in [2.24, 2.45) is 0 Å². The number of anilines is 1. The summed E-state index contributed by atoms with van der Waals surface area (Å²) >= 11 is 0. The van der Waals surface area contributed by atoms with E-state index in [2.05, 4.69) is 5.32 Å². The van der Waals surface area contributed by atoms with Gasteiger partial charge in [0, 0.05) is 31.3 Å². The molecule has 1 N–H and O–H groups in total. The van der Waals surface area contributed by atoms with Crippen molar-refractivity contribution in [1.82, 2.24) is 4.90 Å². The van der Waals surface area contributed by atoms with E-state index >= 15 is 0 Å². The molecule has 0 spiro atoms. The van der Waals surface area contributed by atoms with Gasteiger partial charge in [-0.1, -0.05) is 30.3 Å². The number of ether oxygens (including phenoxy) is 2. The minimum Gasteiger partial charge on any atom is -0.497 e. The molecule has 0 heterocycles. The lowest BCUT2D eigenvalue weighted by atomic mass is 10.1. The third-order valence-electron chi connectivity index (χ3n) is 4.78. The van der Waals surface area contributed by atoms with Crippen molar-refractivity contribution in [2.45, 2.75) is 20.0 Å². The lowest BCUT2D eigenvalue weighted by Gasteiger charge is -2.24. The molecule has 160 valence electrons. The normalized spacial score (nSPS) is 10.3. The molecule has 6 nitrogen and oxygen atoms in total. The fourth-order valence-electron chi connectivity index (χ4n) is 3.22. The summed E-state index contributed by atoms with van der Waals surface area (Å²) in [5, 5.41) is 2.73. The number of nitrogens with zero attached hydrogens (tertiary/aromatic N) is 1. The Balaban J connectivity index is 1.87. The van der Waals surface area contributed by atoms with E-state index in [0.29, 0.717) is 24.3 Å². The van der Waals surface area contributed by atoms with Gasteiger partial charge in [0.15, 0.2) is 0 Å². The van der Waals surface area contributed by atoms with Crippen LogP contribution < -0.4 is 14.8 Å². The van der Waals surface area contributed by atoms with Crippen LogP contribution in [0, 0.1) is 0 Å². The Morgan fingerprint density at radius 2 is 1.32 bits per heavy atom. The van der Waals surface area contributed by atoms with E-state index in [0.717, 1.165) is 22.6 Å². The summed E-state index contributed by atoms with van der Waals surface area (Å²) in [6.07, 6.45) is 0. The van der Waals surface area contributed by atoms with Gasteiger partial charge in [-0.05, 0) is 53.6 Å². The van der Waals surface area contributed by atoms with Crippen LogP contribution in [-0.4, -0.2) is 30.9 Å². The average molecular weight is 418 g/mol. The Labute approximate surface area is 182 Å². The van der Waals surface area contributed by atoms with Crippen molar-refractivity contribution in [3.8, 4) is 11.5 Å². The summed E-state index contributed by atoms with van der Waals surface area (Å²) in [5.41, 5.74) is 3.07. The predicted octanol–water partition coefficient (Wildman–Crippen LogP) is 4.50. The minimum atomic E-state index is -0.182. The number of rotatable bonds is 8. The molecule has 2 amide bonds. The highest BCUT2D eigenvalue weighted by atomic mass is 16.5. The maximum absolute atomic E-state index is 13.4. The molecule has 0 radical (unpaired) electrons. The first-order valence-corrected chi connectivity index (χ1v) is 9.91. The maximum atomic E-state index is 13.4. The first-order chi connectivity index (χ1) is 15.0. The lowest BCUT2D eigenvalue weighted by molar-refractivity contribution is -0.114. The van der Waals surface area contributed by atoms with Gasteiger partial charge in [0.1, 0.15) is 11.5 Å². The molecule has 0 aromatic heterocycles. The second-order valence-corrected chi connectivity index (χ2v) is 7.12. The van der Waals surface area contributed by atoms with Gasteiger partial charge >= 0.3 is 0 Å². The number of carbonyl (C=O) groups is 2. The molecule has 0 aliphatic carbocycles. The van der Waals surface area contributed by atoms with Crippen LogP contribution in [-0.2, 0) is 17.9 Å². The molecule has 0 saturated carbocycles. The Kier molecular flexibility index (Phi) is 7.27. The number of hydrogen-bond donors (Lipinski definition) is 1. The van der Waals surface area contributed by atoms with Crippen molar-refractivity contribution < 1.29 is 19.1 Å². The summed E-state index contributed by atoms with van der Waals surface area (Å²) < 4.78 is 10.5. The van der Waals surface area contributed by atoms with Crippen LogP contribution in [0.15, 0.2) is 72.8 Å². The zero-order chi connectivity index (χ0) is 22.2. The highest BCUT2D eigenvalue weighted by Gasteiger charge is 2.18. The van der Waals surface area contributed by atoms with Crippen LogP contribution in [0.3, 0.4) is 0 Å². The fourth-order valence-corrected chi connectivity index (χ4v) is 3.22. The van der Waals surface area contributed by atoms with Gasteiger partial charge in [0.25, 0.3) is 5.91 Å². The van der Waals surface area contributed by atoms with Crippen molar-refractivity contribution >= 4 is 17.5 Å². The van der Waals surface area contributed by atoms with Crippen LogP contribution in [0.2, 0.25) is 0 Å². The van der Waals surface area contributed by atoms with Gasteiger partial charge in [-0.2, -0.15) is 0 Å². The molecule has 3 aromatic rings. The van der Waals surface area contributed by atoms with Gasteiger partial charge in [-0.15, -0.1) is 0 Å². The van der Waals surface area contributed by atoms with E-state index < -0.39 is 0 Å². The number of carbonyl (C=O) groups excluding carboxylic acids is 2. The Morgan fingerprint density at radius 3 is 1.77 bits per heavy atom. The fraction of sp³-hybridized carbons (Fsp3) is 0.200. The molecule has 0 bridgehead atoms. The summed E-state index contributed by atoms with van der Waals surface area (Å²) in [4.78, 5) is 26.6. The SMILES string of the molecule is COc1ccc(CN(Cc2ccc(OC)cc2)C(=O)c2cccc(NC(C)=O)c2)cc1. The van der Waals surface area contributed by atoms with Gasteiger partial charge < -0.3 is 19.7 Å². The molecule has 0 atom stereocenters. The van der Waals surface area contributed by atoms with Gasteiger partial charge in [0.05, 0.1) is 14.2 Å². The van der Waals surface area contributed by atoms with Gasteiger partial charge in [0.2, 0.25) is 5.91 Å². The van der Waals surface area contributed by atoms with E-state index in [1.54, 1.807) is 43.4 Å². The summed E-state index contributed by atoms with van der Waals surface area (Å²) in [5.74, 6) is 1.22. The molecule has 0 aliphatic heterocycles. The standard InChI is InChI=1S/C25H26N2O4/c1-18(28)26-22-6-4-5-21(15-22)25(29)27(16-19-7-11-23(30-2)12-8-19)17-20-9-13-24(31-3)14-10-20/h4-15H,16-17H2,1-3H3,(H,26,28). The molecule has 3 aromatic carbocycles. The second-order valence-electron chi connectivity index (χ2n) is 7.12. The van der Waals surface area contributed by atoms with E-state index in [4.69, 9.17) is 9.47 Å². The first-order valence-electron chi connectivity index (χ1n) is 9.91. The Hall–Kier alpha value is -3.80. The first kappa shape index (κ1) is 21.9. The smallest absolute Gasteiger partial charge is 0.254 e. The van der Waals surface area contributed by atoms with E-state index in [1.165, 1.54) is 6.92 Å². The van der Waals surface area contributed by atoms with Crippen molar-refractivity contribution in [3.63, 3.8) is 0 Å². The van der Waals surface area contributed by atoms with Crippen molar-refractivity contribution in [3.05, 3.63) is 89.5 Å². The lowest BCUT2D eigenvalue weighted by Crippen LogP contribution is -2.30. The zero-order valence-corrected chi connectivity index (χ0v) is 17.9. The quantitative estimate of drug-likeness (QED) is 0.585. The highest BCUT2D eigenvalue weighted by Crippen LogP contribution is 2.20. The van der Waals surface area contributed by atoms with Gasteiger partial charge in [-0.25, -0.2) is 0 Å². The third kappa shape index (κ3) is 6.09. The molecule has 0 unspecified atom stereocenters. The van der Waals surface area contributed by atoms with E-state index in [9.17, 15) is 9.59 Å². The third-order valence-corrected chi connectivity index (χ3v) is 4.78. The van der Waals surface area contributed by atoms with Crippen LogP contribution in [0.25, 0.3) is 0 Å². The summed E-state index contributed by atoms with van der Waals surface area (Å²) in [6, 6.07) is 22.3. The maximum Gasteiger partial charge on any atom is 0.254 e. The zero-order valence-electron chi connectivity index (χ0n) is 17.9. The molecule has 0 saturated heterocycles. The Bertz CT molecular complexity index is 981. The predicted molar refractivity (Wildman–Crippen MR) is 120 cm³/mol. The van der Waals surface area contributed by atoms with Crippen LogP contribution in [0.4, 0.5) is 5.69 Å². The second kappa shape index (κ2) is 10.3. The van der Waals surface area contributed by atoms with E-state index in [-0.39, 0.29) is 11.8 Å². The topological polar surface area (TPSA) is 67.9 Å². The molecular formula is C25H26N2O4. The number of benzene rings is 3. The molecule has 31 heavy (non-hydrogen) atoms. The van der Waals surface area contributed by atoms with Crippen molar-refractivity contribution in [2.75, 3.05) is 19.5 Å². The van der Waals surface area contributed by atoms with E-state index in [1.807, 2.05) is 48.5 Å².